The first-order valence-corrected chi connectivity index (χ1v) is 7.63. The van der Waals surface area contributed by atoms with Gasteiger partial charge in [0, 0.05) is 14.6 Å². The van der Waals surface area contributed by atoms with E-state index in [1.807, 2.05) is 36.6 Å². The zero-order valence-electron chi connectivity index (χ0n) is 8.96. The van der Waals surface area contributed by atoms with Gasteiger partial charge in [-0.2, -0.15) is 0 Å². The van der Waals surface area contributed by atoms with Crippen LogP contribution in [0.2, 0.25) is 0 Å². The second-order valence-electron chi connectivity index (χ2n) is 3.56. The highest BCUT2D eigenvalue weighted by molar-refractivity contribution is 14.1. The Morgan fingerprint density at radius 2 is 2.18 bits per heavy atom. The second kappa shape index (κ2) is 5.49. The van der Waals surface area contributed by atoms with E-state index in [-0.39, 0.29) is 5.91 Å². The lowest BCUT2D eigenvalue weighted by Crippen LogP contribution is -2.10. The van der Waals surface area contributed by atoms with Crippen molar-refractivity contribution in [1.82, 2.24) is 0 Å². The molecule has 1 N–H and O–H groups in total. The summed E-state index contributed by atoms with van der Waals surface area (Å²) in [5.41, 5.74) is 2.71. The largest absolute Gasteiger partial charge is 0.322 e. The number of carbonyl (C=O) groups is 1. The van der Waals surface area contributed by atoms with Gasteiger partial charge in [-0.1, -0.05) is 6.07 Å². The van der Waals surface area contributed by atoms with Gasteiger partial charge in [0.05, 0.1) is 9.35 Å². The monoisotopic (exact) mass is 421 g/mol. The fourth-order valence-corrected chi connectivity index (χ4v) is 2.95. The Kier molecular flexibility index (Phi) is 4.22. The predicted octanol–water partition coefficient (Wildman–Crippen LogP) is 4.68. The molecular weight excluding hydrogens is 413 g/mol. The van der Waals surface area contributed by atoms with Gasteiger partial charge >= 0.3 is 0 Å². The second-order valence-corrected chi connectivity index (χ2v) is 7.01. The molecule has 0 saturated carbocycles. The number of aryl methyl sites for hydroxylation is 1. The van der Waals surface area contributed by atoms with Gasteiger partial charge in [0.25, 0.3) is 5.91 Å². The summed E-state index contributed by atoms with van der Waals surface area (Å²) in [5, 5.41) is 4.71. The Hall–Kier alpha value is -0.400. The number of hydrogen-bond donors (Lipinski definition) is 1. The van der Waals surface area contributed by atoms with Gasteiger partial charge in [0.2, 0.25) is 0 Å². The maximum absolute atomic E-state index is 11.9. The lowest BCUT2D eigenvalue weighted by Gasteiger charge is -2.05. The minimum atomic E-state index is -0.0772. The van der Waals surface area contributed by atoms with Crippen LogP contribution in [-0.2, 0) is 0 Å². The number of thiophene rings is 1. The molecule has 0 saturated heterocycles. The molecule has 1 heterocycles. The van der Waals surface area contributed by atoms with E-state index in [9.17, 15) is 4.79 Å². The van der Waals surface area contributed by atoms with E-state index < -0.39 is 0 Å². The third-order valence-electron chi connectivity index (χ3n) is 2.26. The van der Waals surface area contributed by atoms with Crippen LogP contribution < -0.4 is 5.32 Å². The molecule has 1 aromatic heterocycles. The number of hydrogen-bond acceptors (Lipinski definition) is 2. The van der Waals surface area contributed by atoms with Crippen molar-refractivity contribution in [3.8, 4) is 0 Å². The van der Waals surface area contributed by atoms with Crippen molar-refractivity contribution in [3.63, 3.8) is 0 Å². The molecule has 88 valence electrons. The molecule has 1 aromatic carbocycles. The molecule has 0 atom stereocenters. The summed E-state index contributed by atoms with van der Waals surface area (Å²) in [5.74, 6) is -0.0772. The van der Waals surface area contributed by atoms with Gasteiger partial charge in [-0.15, -0.1) is 11.3 Å². The SMILES string of the molecule is Cc1ccc(NC(=O)c2csc(Br)c2)cc1I. The van der Waals surface area contributed by atoms with Crippen molar-refractivity contribution in [1.29, 1.82) is 0 Å². The molecule has 0 aliphatic rings. The highest BCUT2D eigenvalue weighted by atomic mass is 127. The van der Waals surface area contributed by atoms with Crippen LogP contribution in [0.5, 0.6) is 0 Å². The standard InChI is InChI=1S/C12H9BrINOS/c1-7-2-3-9(5-10(7)14)15-12(16)8-4-11(13)17-6-8/h2-6H,1H3,(H,15,16). The average molecular weight is 422 g/mol. The summed E-state index contributed by atoms with van der Waals surface area (Å²) in [6.07, 6.45) is 0. The quantitative estimate of drug-likeness (QED) is 0.701. The molecule has 5 heteroatoms. The fourth-order valence-electron chi connectivity index (χ4n) is 1.30. The Balaban J connectivity index is 2.15. The molecule has 1 amide bonds. The molecular formula is C12H9BrINOS. The first kappa shape index (κ1) is 13.0. The summed E-state index contributed by atoms with van der Waals surface area (Å²) < 4.78 is 2.10. The number of rotatable bonds is 2. The lowest BCUT2D eigenvalue weighted by atomic mass is 10.2. The van der Waals surface area contributed by atoms with E-state index in [0.29, 0.717) is 5.56 Å². The number of benzene rings is 1. The van der Waals surface area contributed by atoms with Crippen molar-refractivity contribution in [2.24, 2.45) is 0 Å². The summed E-state index contributed by atoms with van der Waals surface area (Å²) >= 11 is 7.11. The molecule has 2 nitrogen and oxygen atoms in total. The van der Waals surface area contributed by atoms with E-state index >= 15 is 0 Å². The zero-order chi connectivity index (χ0) is 12.4. The van der Waals surface area contributed by atoms with Crippen LogP contribution in [-0.4, -0.2) is 5.91 Å². The smallest absolute Gasteiger partial charge is 0.256 e. The molecule has 17 heavy (non-hydrogen) atoms. The number of anilines is 1. The first-order chi connectivity index (χ1) is 8.06. The van der Waals surface area contributed by atoms with Gasteiger partial charge in [-0.05, 0) is 69.2 Å². The molecule has 0 fully saturated rings. The molecule has 0 spiro atoms. The number of amides is 1. The first-order valence-electron chi connectivity index (χ1n) is 4.88. The van der Waals surface area contributed by atoms with Gasteiger partial charge in [-0.3, -0.25) is 4.79 Å². The molecule has 0 radical (unpaired) electrons. The van der Waals surface area contributed by atoms with Crippen molar-refractivity contribution in [2.75, 3.05) is 5.32 Å². The van der Waals surface area contributed by atoms with Crippen molar-refractivity contribution >= 4 is 61.5 Å². The fraction of sp³-hybridized carbons (Fsp3) is 0.0833. The van der Waals surface area contributed by atoms with E-state index in [1.54, 1.807) is 0 Å². The van der Waals surface area contributed by atoms with Gasteiger partial charge in [-0.25, -0.2) is 0 Å². The predicted molar refractivity (Wildman–Crippen MR) is 83.9 cm³/mol. The maximum atomic E-state index is 11.9. The van der Waals surface area contributed by atoms with Gasteiger partial charge in [0.15, 0.2) is 0 Å². The summed E-state index contributed by atoms with van der Waals surface area (Å²) in [6, 6.07) is 7.70. The third kappa shape index (κ3) is 3.29. The van der Waals surface area contributed by atoms with Gasteiger partial charge in [0.1, 0.15) is 0 Å². The Morgan fingerprint density at radius 1 is 1.41 bits per heavy atom. The summed E-state index contributed by atoms with van der Waals surface area (Å²) in [6.45, 7) is 2.05. The Morgan fingerprint density at radius 3 is 2.76 bits per heavy atom. The molecule has 2 aromatic rings. The topological polar surface area (TPSA) is 29.1 Å². The van der Waals surface area contributed by atoms with Crippen LogP contribution in [0.4, 0.5) is 5.69 Å². The van der Waals surface area contributed by atoms with Crippen LogP contribution in [0.15, 0.2) is 33.4 Å². The Bertz CT molecular complexity index is 567. The molecule has 0 unspecified atom stereocenters. The van der Waals surface area contributed by atoms with E-state index in [2.05, 4.69) is 43.8 Å². The maximum Gasteiger partial charge on any atom is 0.256 e. The van der Waals surface area contributed by atoms with Crippen molar-refractivity contribution < 1.29 is 4.79 Å². The third-order valence-corrected chi connectivity index (χ3v) is 4.93. The highest BCUT2D eigenvalue weighted by Crippen LogP contribution is 2.22. The van der Waals surface area contributed by atoms with Crippen LogP contribution in [0.3, 0.4) is 0 Å². The summed E-state index contributed by atoms with van der Waals surface area (Å²) in [7, 11) is 0. The lowest BCUT2D eigenvalue weighted by molar-refractivity contribution is 0.102. The molecule has 0 aliphatic carbocycles. The van der Waals surface area contributed by atoms with E-state index in [0.717, 1.165) is 13.0 Å². The van der Waals surface area contributed by atoms with Crippen molar-refractivity contribution in [2.45, 2.75) is 6.92 Å². The summed E-state index contributed by atoms with van der Waals surface area (Å²) in [4.78, 5) is 11.9. The minimum Gasteiger partial charge on any atom is -0.322 e. The number of carbonyl (C=O) groups excluding carboxylic acids is 1. The molecule has 0 bridgehead atoms. The normalized spacial score (nSPS) is 10.3. The zero-order valence-corrected chi connectivity index (χ0v) is 13.5. The van der Waals surface area contributed by atoms with Crippen LogP contribution in [0.25, 0.3) is 0 Å². The van der Waals surface area contributed by atoms with Crippen LogP contribution in [0, 0.1) is 10.5 Å². The average Bonchev–Trinajstić information content (AvgIpc) is 2.70. The van der Waals surface area contributed by atoms with Crippen LogP contribution in [0.1, 0.15) is 15.9 Å². The van der Waals surface area contributed by atoms with Crippen LogP contribution >= 0.6 is 49.9 Å². The highest BCUT2D eigenvalue weighted by Gasteiger charge is 2.08. The number of nitrogens with one attached hydrogen (secondary N) is 1. The number of halogens is 2. The van der Waals surface area contributed by atoms with E-state index in [1.165, 1.54) is 16.9 Å². The van der Waals surface area contributed by atoms with Gasteiger partial charge < -0.3 is 5.32 Å². The molecule has 0 aliphatic heterocycles. The van der Waals surface area contributed by atoms with Crippen molar-refractivity contribution in [3.05, 3.63) is 48.1 Å². The Labute approximate surface area is 126 Å². The molecule has 2 rings (SSSR count). The minimum absolute atomic E-state index is 0.0772. The van der Waals surface area contributed by atoms with E-state index in [4.69, 9.17) is 0 Å².